The number of hydrogen-bond donors (Lipinski definition) is 1. The summed E-state index contributed by atoms with van der Waals surface area (Å²) in [5.41, 5.74) is 2.99. The maximum atomic E-state index is 13.7. The molecule has 196 valence electrons. The van der Waals surface area contributed by atoms with Crippen LogP contribution < -0.4 is 9.62 Å². The minimum atomic E-state index is -3.80. The minimum Gasteiger partial charge on any atom is -0.352 e. The van der Waals surface area contributed by atoms with E-state index in [9.17, 15) is 18.0 Å². The molecule has 2 amide bonds. The molecule has 2 aromatic carbocycles. The molecule has 1 aliphatic rings. The Hall–Kier alpha value is -2.58. The van der Waals surface area contributed by atoms with Gasteiger partial charge in [0.2, 0.25) is 21.8 Å². The summed E-state index contributed by atoms with van der Waals surface area (Å²) in [4.78, 5) is 28.4. The first-order valence-electron chi connectivity index (χ1n) is 12.4. The van der Waals surface area contributed by atoms with Crippen LogP contribution in [0.4, 0.5) is 5.69 Å². The SMILES string of the molecule is Cc1ccc(N(CC(=O)N(Cc2ccccc2C)[C@H](C)C(=O)NC2CCCCC2)S(C)(=O)=O)cc1Cl. The van der Waals surface area contributed by atoms with Gasteiger partial charge < -0.3 is 10.2 Å². The molecular formula is C27H36ClN3O4S. The molecule has 9 heteroatoms. The molecule has 1 fully saturated rings. The second-order valence-corrected chi connectivity index (χ2v) is 12.0. The molecule has 0 spiro atoms. The molecule has 0 unspecified atom stereocenters. The van der Waals surface area contributed by atoms with Gasteiger partial charge in [0.05, 0.1) is 11.9 Å². The van der Waals surface area contributed by atoms with Gasteiger partial charge >= 0.3 is 0 Å². The van der Waals surface area contributed by atoms with Crippen LogP contribution in [0, 0.1) is 13.8 Å². The third-order valence-corrected chi connectivity index (χ3v) is 8.39. The molecule has 36 heavy (non-hydrogen) atoms. The lowest BCUT2D eigenvalue weighted by molar-refractivity contribution is -0.139. The Balaban J connectivity index is 1.89. The molecule has 0 aliphatic heterocycles. The number of anilines is 1. The minimum absolute atomic E-state index is 0.103. The predicted octanol–water partition coefficient (Wildman–Crippen LogP) is 4.59. The lowest BCUT2D eigenvalue weighted by atomic mass is 9.95. The summed E-state index contributed by atoms with van der Waals surface area (Å²) in [6, 6.07) is 11.9. The van der Waals surface area contributed by atoms with Gasteiger partial charge in [-0.05, 0) is 62.4 Å². The fourth-order valence-corrected chi connectivity index (χ4v) is 5.49. The van der Waals surface area contributed by atoms with Crippen molar-refractivity contribution in [3.63, 3.8) is 0 Å². The molecule has 0 heterocycles. The normalized spacial score (nSPS) is 15.2. The number of carbonyl (C=O) groups excluding carboxylic acids is 2. The van der Waals surface area contributed by atoms with Gasteiger partial charge in [-0.25, -0.2) is 8.42 Å². The quantitative estimate of drug-likeness (QED) is 0.511. The highest BCUT2D eigenvalue weighted by Gasteiger charge is 2.31. The van der Waals surface area contributed by atoms with Crippen molar-refractivity contribution >= 4 is 39.1 Å². The lowest BCUT2D eigenvalue weighted by Gasteiger charge is -2.33. The Kier molecular flexibility index (Phi) is 9.41. The molecule has 0 aromatic heterocycles. The second-order valence-electron chi connectivity index (χ2n) is 9.67. The summed E-state index contributed by atoms with van der Waals surface area (Å²) in [6.45, 7) is 5.21. The second kappa shape index (κ2) is 12.1. The van der Waals surface area contributed by atoms with E-state index >= 15 is 0 Å². The summed E-state index contributed by atoms with van der Waals surface area (Å²) < 4.78 is 26.4. The van der Waals surface area contributed by atoms with E-state index in [2.05, 4.69) is 5.32 Å². The van der Waals surface area contributed by atoms with Gasteiger partial charge in [0.15, 0.2) is 0 Å². The smallest absolute Gasteiger partial charge is 0.244 e. The average Bonchev–Trinajstić information content (AvgIpc) is 2.83. The Morgan fingerprint density at radius 1 is 1.06 bits per heavy atom. The van der Waals surface area contributed by atoms with Gasteiger partial charge in [0.1, 0.15) is 12.6 Å². The van der Waals surface area contributed by atoms with E-state index in [4.69, 9.17) is 11.6 Å². The van der Waals surface area contributed by atoms with Crippen molar-refractivity contribution < 1.29 is 18.0 Å². The van der Waals surface area contributed by atoms with Crippen molar-refractivity contribution in [2.24, 2.45) is 0 Å². The van der Waals surface area contributed by atoms with Crippen LogP contribution in [-0.4, -0.2) is 50.0 Å². The number of aryl methyl sites for hydroxylation is 2. The van der Waals surface area contributed by atoms with Crippen LogP contribution in [0.1, 0.15) is 55.7 Å². The number of benzene rings is 2. The van der Waals surface area contributed by atoms with Crippen molar-refractivity contribution in [1.82, 2.24) is 10.2 Å². The largest absolute Gasteiger partial charge is 0.352 e. The van der Waals surface area contributed by atoms with Crippen molar-refractivity contribution in [1.29, 1.82) is 0 Å². The number of nitrogens with zero attached hydrogens (tertiary/aromatic N) is 2. The van der Waals surface area contributed by atoms with E-state index in [1.807, 2.05) is 38.1 Å². The van der Waals surface area contributed by atoms with E-state index in [0.29, 0.717) is 10.7 Å². The van der Waals surface area contributed by atoms with Crippen LogP contribution in [0.15, 0.2) is 42.5 Å². The van der Waals surface area contributed by atoms with E-state index in [0.717, 1.165) is 52.9 Å². The number of rotatable bonds is 9. The lowest BCUT2D eigenvalue weighted by Crippen LogP contribution is -2.53. The van der Waals surface area contributed by atoms with Gasteiger partial charge in [-0.2, -0.15) is 0 Å². The van der Waals surface area contributed by atoms with Crippen LogP contribution in [0.3, 0.4) is 0 Å². The van der Waals surface area contributed by atoms with Crippen molar-refractivity contribution in [3.8, 4) is 0 Å². The van der Waals surface area contributed by atoms with Crippen LogP contribution in [0.2, 0.25) is 5.02 Å². The summed E-state index contributed by atoms with van der Waals surface area (Å²) in [6.07, 6.45) is 6.24. The molecule has 7 nitrogen and oxygen atoms in total. The molecule has 1 aliphatic carbocycles. The third-order valence-electron chi connectivity index (χ3n) is 6.84. The summed E-state index contributed by atoms with van der Waals surface area (Å²) in [7, 11) is -3.80. The van der Waals surface area contributed by atoms with Crippen LogP contribution in [-0.2, 0) is 26.2 Å². The molecule has 0 saturated heterocycles. The van der Waals surface area contributed by atoms with E-state index < -0.39 is 28.5 Å². The van der Waals surface area contributed by atoms with Gasteiger partial charge in [-0.3, -0.25) is 13.9 Å². The zero-order valence-electron chi connectivity index (χ0n) is 21.5. The van der Waals surface area contributed by atoms with Crippen LogP contribution in [0.5, 0.6) is 0 Å². The summed E-state index contributed by atoms with van der Waals surface area (Å²) in [5.74, 6) is -0.695. The number of halogens is 1. The highest BCUT2D eigenvalue weighted by molar-refractivity contribution is 7.92. The Labute approximate surface area is 219 Å². The van der Waals surface area contributed by atoms with E-state index in [1.165, 1.54) is 17.4 Å². The van der Waals surface area contributed by atoms with E-state index in [1.54, 1.807) is 19.1 Å². The number of amides is 2. The molecular weight excluding hydrogens is 498 g/mol. The number of nitrogens with one attached hydrogen (secondary N) is 1. The molecule has 0 radical (unpaired) electrons. The Morgan fingerprint density at radius 2 is 1.72 bits per heavy atom. The topological polar surface area (TPSA) is 86.8 Å². The Morgan fingerprint density at radius 3 is 2.33 bits per heavy atom. The first kappa shape index (κ1) is 28.0. The maximum absolute atomic E-state index is 13.7. The van der Waals surface area contributed by atoms with Gasteiger partial charge in [-0.1, -0.05) is 61.2 Å². The molecule has 2 aromatic rings. The zero-order valence-corrected chi connectivity index (χ0v) is 23.0. The average molecular weight is 534 g/mol. The highest BCUT2D eigenvalue weighted by atomic mass is 35.5. The first-order valence-corrected chi connectivity index (χ1v) is 14.6. The summed E-state index contributed by atoms with van der Waals surface area (Å²) in [5, 5.41) is 3.51. The van der Waals surface area contributed by atoms with Crippen LogP contribution in [0.25, 0.3) is 0 Å². The predicted molar refractivity (Wildman–Crippen MR) is 145 cm³/mol. The molecule has 3 rings (SSSR count). The maximum Gasteiger partial charge on any atom is 0.244 e. The van der Waals surface area contributed by atoms with Crippen molar-refractivity contribution in [3.05, 3.63) is 64.2 Å². The van der Waals surface area contributed by atoms with Gasteiger partial charge in [0, 0.05) is 17.6 Å². The number of sulfonamides is 1. The molecule has 1 saturated carbocycles. The fourth-order valence-electron chi connectivity index (χ4n) is 4.47. The van der Waals surface area contributed by atoms with E-state index in [-0.39, 0.29) is 18.5 Å². The highest BCUT2D eigenvalue weighted by Crippen LogP contribution is 2.26. The Bertz CT molecular complexity index is 1200. The third kappa shape index (κ3) is 7.23. The monoisotopic (exact) mass is 533 g/mol. The molecule has 1 N–H and O–H groups in total. The fraction of sp³-hybridized carbons (Fsp3) is 0.481. The zero-order chi connectivity index (χ0) is 26.5. The standard InChI is InChI=1S/C27H36ClN3O4S/c1-19-10-8-9-11-22(19)17-30(21(3)27(33)29-23-12-6-5-7-13-23)26(32)18-31(36(4,34)35)24-15-14-20(2)25(28)16-24/h8-11,14-16,21,23H,5-7,12-13,17-18H2,1-4H3,(H,29,33)/t21-/m1/s1. The molecule has 0 bridgehead atoms. The molecule has 1 atom stereocenters. The number of hydrogen-bond acceptors (Lipinski definition) is 4. The van der Waals surface area contributed by atoms with Gasteiger partial charge in [-0.15, -0.1) is 0 Å². The first-order chi connectivity index (χ1) is 17.0. The summed E-state index contributed by atoms with van der Waals surface area (Å²) >= 11 is 6.25. The van der Waals surface area contributed by atoms with Crippen LogP contribution >= 0.6 is 11.6 Å². The van der Waals surface area contributed by atoms with Crippen molar-refractivity contribution in [2.45, 2.75) is 71.5 Å². The van der Waals surface area contributed by atoms with Crippen molar-refractivity contribution in [2.75, 3.05) is 17.1 Å². The number of carbonyl (C=O) groups is 2. The van der Waals surface area contributed by atoms with Gasteiger partial charge in [0.25, 0.3) is 0 Å².